The van der Waals surface area contributed by atoms with Gasteiger partial charge in [0.2, 0.25) is 0 Å². The van der Waals surface area contributed by atoms with Crippen molar-refractivity contribution in [2.24, 2.45) is 0 Å². The van der Waals surface area contributed by atoms with E-state index in [1.165, 1.54) is 19.3 Å². The molecule has 0 spiro atoms. The molecule has 0 aromatic carbocycles. The number of nitrogens with one attached hydrogen (secondary N) is 1. The molecule has 1 N–H and O–H groups in total. The Labute approximate surface area is 68.4 Å². The number of hydrogen-bond acceptors (Lipinski definition) is 1. The minimum Gasteiger partial charge on any atom is -0.311 e. The van der Waals surface area contributed by atoms with Crippen LogP contribution in [0.1, 0.15) is 39.0 Å². The van der Waals surface area contributed by atoms with Crippen molar-refractivity contribution in [1.29, 1.82) is 0 Å². The quantitative estimate of drug-likeness (QED) is 0.651. The van der Waals surface area contributed by atoms with Crippen LogP contribution in [0.5, 0.6) is 0 Å². The standard InChI is InChI=1S/C9H18FN/c1-2-8(10)9-6-4-3-5-7-11-9/h8-9,11H,2-7H2,1H3. The predicted octanol–water partition coefficient (Wildman–Crippen LogP) is 2.27. The Morgan fingerprint density at radius 1 is 1.45 bits per heavy atom. The Morgan fingerprint density at radius 3 is 3.00 bits per heavy atom. The SMILES string of the molecule is CCC(F)C1CCCCCN1. The van der Waals surface area contributed by atoms with Crippen LogP contribution in [0, 0.1) is 0 Å². The highest BCUT2D eigenvalue weighted by atomic mass is 19.1. The summed E-state index contributed by atoms with van der Waals surface area (Å²) in [6.07, 6.45) is 4.71. The first-order chi connectivity index (χ1) is 5.34. The van der Waals surface area contributed by atoms with E-state index in [1.807, 2.05) is 6.92 Å². The second kappa shape index (κ2) is 4.70. The highest BCUT2D eigenvalue weighted by molar-refractivity contribution is 4.77. The van der Waals surface area contributed by atoms with E-state index >= 15 is 0 Å². The highest BCUT2D eigenvalue weighted by Gasteiger charge is 2.19. The van der Waals surface area contributed by atoms with Gasteiger partial charge in [-0.25, -0.2) is 4.39 Å². The van der Waals surface area contributed by atoms with E-state index < -0.39 is 6.17 Å². The topological polar surface area (TPSA) is 12.0 Å². The molecule has 1 aliphatic rings. The first-order valence-electron chi connectivity index (χ1n) is 4.72. The van der Waals surface area contributed by atoms with Gasteiger partial charge in [-0.15, -0.1) is 0 Å². The Hall–Kier alpha value is -0.110. The maximum absolute atomic E-state index is 13.1. The summed E-state index contributed by atoms with van der Waals surface area (Å²) in [5.74, 6) is 0. The van der Waals surface area contributed by atoms with Crippen molar-refractivity contribution in [3.8, 4) is 0 Å². The molecule has 1 aliphatic heterocycles. The van der Waals surface area contributed by atoms with Crippen molar-refractivity contribution in [3.63, 3.8) is 0 Å². The van der Waals surface area contributed by atoms with Crippen LogP contribution in [0.4, 0.5) is 4.39 Å². The first kappa shape index (κ1) is 8.98. The summed E-state index contributed by atoms with van der Waals surface area (Å²) in [4.78, 5) is 0. The van der Waals surface area contributed by atoms with Crippen LogP contribution in [0.2, 0.25) is 0 Å². The van der Waals surface area contributed by atoms with Gasteiger partial charge in [0.05, 0.1) is 0 Å². The summed E-state index contributed by atoms with van der Waals surface area (Å²) in [6, 6.07) is 0.141. The molecular weight excluding hydrogens is 141 g/mol. The summed E-state index contributed by atoms with van der Waals surface area (Å²) in [7, 11) is 0. The smallest absolute Gasteiger partial charge is 0.115 e. The van der Waals surface area contributed by atoms with E-state index in [0.29, 0.717) is 6.42 Å². The van der Waals surface area contributed by atoms with Crippen LogP contribution < -0.4 is 5.32 Å². The van der Waals surface area contributed by atoms with Crippen LogP contribution in [0.3, 0.4) is 0 Å². The summed E-state index contributed by atoms with van der Waals surface area (Å²) < 4.78 is 13.1. The molecule has 1 nitrogen and oxygen atoms in total. The third-order valence-corrected chi connectivity index (χ3v) is 2.43. The Morgan fingerprint density at radius 2 is 2.27 bits per heavy atom. The molecule has 66 valence electrons. The Balaban J connectivity index is 2.30. The summed E-state index contributed by atoms with van der Waals surface area (Å²) in [5, 5.41) is 3.26. The van der Waals surface area contributed by atoms with E-state index in [1.54, 1.807) is 0 Å². The molecular formula is C9H18FN. The van der Waals surface area contributed by atoms with Crippen LogP contribution in [0.25, 0.3) is 0 Å². The third kappa shape index (κ3) is 2.78. The number of alkyl halides is 1. The molecule has 0 aliphatic carbocycles. The van der Waals surface area contributed by atoms with E-state index in [0.717, 1.165) is 13.0 Å². The summed E-state index contributed by atoms with van der Waals surface area (Å²) >= 11 is 0. The van der Waals surface area contributed by atoms with Gasteiger partial charge in [-0.3, -0.25) is 0 Å². The highest BCUT2D eigenvalue weighted by Crippen LogP contribution is 2.14. The van der Waals surface area contributed by atoms with E-state index in [4.69, 9.17) is 0 Å². The third-order valence-electron chi connectivity index (χ3n) is 2.43. The maximum Gasteiger partial charge on any atom is 0.115 e. The van der Waals surface area contributed by atoms with Crippen molar-refractivity contribution in [2.75, 3.05) is 6.54 Å². The molecule has 0 amide bonds. The number of rotatable bonds is 2. The van der Waals surface area contributed by atoms with E-state index in [2.05, 4.69) is 5.32 Å². The molecule has 2 unspecified atom stereocenters. The van der Waals surface area contributed by atoms with Crippen molar-refractivity contribution in [3.05, 3.63) is 0 Å². The molecule has 1 rings (SSSR count). The molecule has 2 heteroatoms. The van der Waals surface area contributed by atoms with Gasteiger partial charge >= 0.3 is 0 Å². The zero-order valence-electron chi connectivity index (χ0n) is 7.28. The Kier molecular flexibility index (Phi) is 3.84. The van der Waals surface area contributed by atoms with Crippen molar-refractivity contribution >= 4 is 0 Å². The van der Waals surface area contributed by atoms with Crippen molar-refractivity contribution in [1.82, 2.24) is 5.32 Å². The lowest BCUT2D eigenvalue weighted by Gasteiger charge is -2.18. The van der Waals surface area contributed by atoms with Crippen LogP contribution in [-0.2, 0) is 0 Å². The lowest BCUT2D eigenvalue weighted by Crippen LogP contribution is -2.36. The van der Waals surface area contributed by atoms with Gasteiger partial charge in [-0.1, -0.05) is 19.8 Å². The Bertz CT molecular complexity index is 97.7. The lowest BCUT2D eigenvalue weighted by atomic mass is 10.0. The van der Waals surface area contributed by atoms with E-state index in [9.17, 15) is 4.39 Å². The first-order valence-corrected chi connectivity index (χ1v) is 4.72. The predicted molar refractivity (Wildman–Crippen MR) is 45.4 cm³/mol. The van der Waals surface area contributed by atoms with Gasteiger partial charge in [0.15, 0.2) is 0 Å². The second-order valence-electron chi connectivity index (χ2n) is 3.33. The number of halogens is 1. The molecule has 0 bridgehead atoms. The fourth-order valence-corrected chi connectivity index (χ4v) is 1.65. The molecule has 0 saturated carbocycles. The molecule has 1 fully saturated rings. The van der Waals surface area contributed by atoms with Gasteiger partial charge in [0.25, 0.3) is 0 Å². The lowest BCUT2D eigenvalue weighted by molar-refractivity contribution is 0.237. The van der Waals surface area contributed by atoms with Gasteiger partial charge < -0.3 is 5.32 Å². The minimum absolute atomic E-state index is 0.141. The average Bonchev–Trinajstić information content (AvgIpc) is 2.30. The minimum atomic E-state index is -0.631. The van der Waals surface area contributed by atoms with Gasteiger partial charge in [-0.2, -0.15) is 0 Å². The fourth-order valence-electron chi connectivity index (χ4n) is 1.65. The van der Waals surface area contributed by atoms with Crippen molar-refractivity contribution in [2.45, 2.75) is 51.2 Å². The second-order valence-corrected chi connectivity index (χ2v) is 3.33. The maximum atomic E-state index is 13.1. The summed E-state index contributed by atoms with van der Waals surface area (Å²) in [5.41, 5.74) is 0. The molecule has 0 aromatic rings. The molecule has 1 saturated heterocycles. The largest absolute Gasteiger partial charge is 0.311 e. The zero-order valence-corrected chi connectivity index (χ0v) is 7.28. The average molecular weight is 159 g/mol. The van der Waals surface area contributed by atoms with E-state index in [-0.39, 0.29) is 6.04 Å². The van der Waals surface area contributed by atoms with Gasteiger partial charge in [0, 0.05) is 6.04 Å². The molecule has 0 radical (unpaired) electrons. The summed E-state index contributed by atoms with van der Waals surface area (Å²) in [6.45, 7) is 2.92. The zero-order chi connectivity index (χ0) is 8.10. The normalized spacial score (nSPS) is 29.5. The number of hydrogen-bond donors (Lipinski definition) is 1. The van der Waals surface area contributed by atoms with Gasteiger partial charge in [-0.05, 0) is 25.8 Å². The monoisotopic (exact) mass is 159 g/mol. The molecule has 2 atom stereocenters. The molecule has 1 heterocycles. The van der Waals surface area contributed by atoms with Crippen LogP contribution in [0.15, 0.2) is 0 Å². The van der Waals surface area contributed by atoms with Crippen LogP contribution >= 0.6 is 0 Å². The fraction of sp³-hybridized carbons (Fsp3) is 1.00. The molecule has 0 aromatic heterocycles. The van der Waals surface area contributed by atoms with Gasteiger partial charge in [0.1, 0.15) is 6.17 Å². The van der Waals surface area contributed by atoms with Crippen LogP contribution in [-0.4, -0.2) is 18.8 Å². The molecule has 11 heavy (non-hydrogen) atoms. The van der Waals surface area contributed by atoms with Crippen molar-refractivity contribution < 1.29 is 4.39 Å².